The van der Waals surface area contributed by atoms with Crippen LogP contribution in [0.2, 0.25) is 0 Å². The van der Waals surface area contributed by atoms with Crippen molar-refractivity contribution >= 4 is 29.0 Å². The highest BCUT2D eigenvalue weighted by atomic mass is 19.2. The van der Waals surface area contributed by atoms with Crippen LogP contribution >= 0.6 is 0 Å². The van der Waals surface area contributed by atoms with Gasteiger partial charge in [0.25, 0.3) is 0 Å². The standard InChI is InChI=1S/C21H25F3N6O2/c1-11-19-20(30(2)8-17(31)28-19)29-21(26-11)27-13-4-3-12(5-13)9-32-10-25-14-6-15(22)18(24)16(23)7-14/h6-7,12-13,25H,3-5,8-10H2,1-2H3,(H,28,31)(H,26,27,29). The highest BCUT2D eigenvalue weighted by molar-refractivity contribution is 6.00. The number of likely N-dealkylation sites (N-methyl/N-ethyl adjacent to an activating group) is 1. The zero-order valence-electron chi connectivity index (χ0n) is 17.8. The second kappa shape index (κ2) is 9.19. The number of rotatable bonds is 7. The zero-order chi connectivity index (χ0) is 22.8. The van der Waals surface area contributed by atoms with Crippen LogP contribution in [0.3, 0.4) is 0 Å². The van der Waals surface area contributed by atoms with E-state index in [1.165, 1.54) is 0 Å². The quantitative estimate of drug-likeness (QED) is 0.339. The van der Waals surface area contributed by atoms with E-state index >= 15 is 0 Å². The van der Waals surface area contributed by atoms with Gasteiger partial charge in [-0.15, -0.1) is 0 Å². The van der Waals surface area contributed by atoms with E-state index < -0.39 is 17.5 Å². The number of hydrogen-bond acceptors (Lipinski definition) is 7. The van der Waals surface area contributed by atoms with Gasteiger partial charge in [-0.2, -0.15) is 4.98 Å². The van der Waals surface area contributed by atoms with Crippen LogP contribution in [0.5, 0.6) is 0 Å². The maximum Gasteiger partial charge on any atom is 0.244 e. The SMILES string of the molecule is Cc1nc(NC2CCC(COCNc3cc(F)c(F)c(F)c3)C2)nc2c1NC(=O)CN2C. The van der Waals surface area contributed by atoms with Crippen molar-refractivity contribution in [3.8, 4) is 0 Å². The summed E-state index contributed by atoms with van der Waals surface area (Å²) < 4.78 is 45.1. The maximum atomic E-state index is 13.2. The Morgan fingerprint density at radius 3 is 2.72 bits per heavy atom. The van der Waals surface area contributed by atoms with Crippen LogP contribution in [0.15, 0.2) is 12.1 Å². The summed E-state index contributed by atoms with van der Waals surface area (Å²) in [6.07, 6.45) is 2.76. The predicted octanol–water partition coefficient (Wildman–Crippen LogP) is 3.26. The van der Waals surface area contributed by atoms with Gasteiger partial charge in [0.05, 0.1) is 18.8 Å². The average molecular weight is 450 g/mol. The van der Waals surface area contributed by atoms with Gasteiger partial charge in [-0.25, -0.2) is 18.2 Å². The summed E-state index contributed by atoms with van der Waals surface area (Å²) in [5.41, 5.74) is 1.46. The molecule has 0 radical (unpaired) electrons. The molecule has 2 atom stereocenters. The summed E-state index contributed by atoms with van der Waals surface area (Å²) >= 11 is 0. The van der Waals surface area contributed by atoms with Crippen molar-refractivity contribution in [1.29, 1.82) is 0 Å². The van der Waals surface area contributed by atoms with Crippen LogP contribution in [0.1, 0.15) is 25.0 Å². The van der Waals surface area contributed by atoms with Gasteiger partial charge in [-0.3, -0.25) is 4.79 Å². The molecule has 11 heteroatoms. The molecule has 1 saturated carbocycles. The summed E-state index contributed by atoms with van der Waals surface area (Å²) in [7, 11) is 1.82. The highest BCUT2D eigenvalue weighted by Gasteiger charge is 2.28. The molecule has 1 aromatic carbocycles. The molecule has 32 heavy (non-hydrogen) atoms. The third kappa shape index (κ3) is 4.87. The molecule has 2 unspecified atom stereocenters. The normalized spacial score (nSPS) is 20.2. The molecule has 1 amide bonds. The highest BCUT2D eigenvalue weighted by Crippen LogP contribution is 2.32. The molecule has 1 fully saturated rings. The first-order valence-corrected chi connectivity index (χ1v) is 10.4. The van der Waals surface area contributed by atoms with E-state index in [-0.39, 0.29) is 30.9 Å². The molecule has 0 spiro atoms. The summed E-state index contributed by atoms with van der Waals surface area (Å²) in [6, 6.07) is 1.97. The molecule has 1 aromatic heterocycles. The van der Waals surface area contributed by atoms with E-state index in [0.29, 0.717) is 35.7 Å². The molecule has 4 rings (SSSR count). The summed E-state index contributed by atoms with van der Waals surface area (Å²) in [5.74, 6) is -2.53. The molecule has 0 saturated heterocycles. The summed E-state index contributed by atoms with van der Waals surface area (Å²) in [6.45, 7) is 2.62. The number of aromatic nitrogens is 2. The van der Waals surface area contributed by atoms with Crippen molar-refractivity contribution < 1.29 is 22.7 Å². The fourth-order valence-corrected chi connectivity index (χ4v) is 4.07. The predicted molar refractivity (Wildman–Crippen MR) is 114 cm³/mol. The summed E-state index contributed by atoms with van der Waals surface area (Å²) in [4.78, 5) is 22.6. The lowest BCUT2D eigenvalue weighted by Crippen LogP contribution is -2.37. The van der Waals surface area contributed by atoms with Crippen molar-refractivity contribution in [1.82, 2.24) is 9.97 Å². The van der Waals surface area contributed by atoms with Gasteiger partial charge < -0.3 is 25.6 Å². The maximum absolute atomic E-state index is 13.2. The zero-order valence-corrected chi connectivity index (χ0v) is 17.8. The van der Waals surface area contributed by atoms with Gasteiger partial charge in [0, 0.05) is 30.9 Å². The van der Waals surface area contributed by atoms with E-state index in [1.807, 2.05) is 14.0 Å². The number of fused-ring (bicyclic) bond motifs is 1. The van der Waals surface area contributed by atoms with Crippen LogP contribution in [0, 0.1) is 30.3 Å². The fourth-order valence-electron chi connectivity index (χ4n) is 4.07. The monoisotopic (exact) mass is 450 g/mol. The van der Waals surface area contributed by atoms with E-state index in [0.717, 1.165) is 31.4 Å². The Bertz CT molecular complexity index is 998. The largest absolute Gasteiger partial charge is 0.363 e. The molecule has 1 aliphatic heterocycles. The third-order valence-corrected chi connectivity index (χ3v) is 5.67. The smallest absolute Gasteiger partial charge is 0.244 e. The Morgan fingerprint density at radius 2 is 1.97 bits per heavy atom. The molecule has 0 bridgehead atoms. The number of amides is 1. The second-order valence-corrected chi connectivity index (χ2v) is 8.20. The number of aryl methyl sites for hydroxylation is 1. The van der Waals surface area contributed by atoms with Gasteiger partial charge in [0.15, 0.2) is 23.3 Å². The number of anilines is 4. The molecular formula is C21H25F3N6O2. The summed E-state index contributed by atoms with van der Waals surface area (Å²) in [5, 5.41) is 8.93. The second-order valence-electron chi connectivity index (χ2n) is 8.20. The average Bonchev–Trinajstić information content (AvgIpc) is 3.17. The fraction of sp³-hybridized carbons (Fsp3) is 0.476. The molecule has 1 aliphatic carbocycles. The molecule has 2 aliphatic rings. The Morgan fingerprint density at radius 1 is 1.22 bits per heavy atom. The minimum absolute atomic E-state index is 0.0598. The lowest BCUT2D eigenvalue weighted by Gasteiger charge is -2.27. The van der Waals surface area contributed by atoms with Gasteiger partial charge >= 0.3 is 0 Å². The van der Waals surface area contributed by atoms with Crippen LogP contribution in [0.4, 0.5) is 36.3 Å². The van der Waals surface area contributed by atoms with Crippen molar-refractivity contribution in [3.05, 3.63) is 35.3 Å². The lowest BCUT2D eigenvalue weighted by molar-refractivity contribution is -0.115. The number of carbonyl (C=O) groups excluding carboxylic acids is 1. The van der Waals surface area contributed by atoms with Crippen molar-refractivity contribution in [2.24, 2.45) is 5.92 Å². The number of halogens is 3. The van der Waals surface area contributed by atoms with Crippen LogP contribution in [-0.2, 0) is 9.53 Å². The van der Waals surface area contributed by atoms with Gasteiger partial charge in [-0.1, -0.05) is 0 Å². The topological polar surface area (TPSA) is 91.4 Å². The van der Waals surface area contributed by atoms with E-state index in [1.54, 1.807) is 4.90 Å². The minimum Gasteiger partial charge on any atom is -0.363 e. The number of ether oxygens (including phenoxy) is 1. The van der Waals surface area contributed by atoms with Crippen LogP contribution in [-0.4, -0.2) is 48.8 Å². The van der Waals surface area contributed by atoms with Crippen molar-refractivity contribution in [3.63, 3.8) is 0 Å². The Kier molecular flexibility index (Phi) is 6.35. The van der Waals surface area contributed by atoms with Crippen LogP contribution < -0.4 is 20.9 Å². The van der Waals surface area contributed by atoms with Gasteiger partial charge in [0.2, 0.25) is 11.9 Å². The molecular weight excluding hydrogens is 425 g/mol. The third-order valence-electron chi connectivity index (χ3n) is 5.67. The Labute approximate surface area is 183 Å². The first-order chi connectivity index (χ1) is 15.3. The lowest BCUT2D eigenvalue weighted by atomic mass is 10.1. The number of carbonyl (C=O) groups is 1. The van der Waals surface area contributed by atoms with E-state index in [9.17, 15) is 18.0 Å². The number of benzene rings is 1. The molecule has 2 heterocycles. The molecule has 3 N–H and O–H groups in total. The first kappa shape index (κ1) is 22.1. The Hall–Kier alpha value is -3.08. The number of nitrogens with one attached hydrogen (secondary N) is 3. The first-order valence-electron chi connectivity index (χ1n) is 10.4. The van der Waals surface area contributed by atoms with Crippen molar-refractivity contribution in [2.75, 3.05) is 47.8 Å². The Balaban J connectivity index is 1.25. The van der Waals surface area contributed by atoms with Crippen LogP contribution in [0.25, 0.3) is 0 Å². The molecule has 8 nitrogen and oxygen atoms in total. The van der Waals surface area contributed by atoms with Gasteiger partial charge in [-0.05, 0) is 32.1 Å². The van der Waals surface area contributed by atoms with Gasteiger partial charge in [0.1, 0.15) is 12.4 Å². The number of nitrogens with zero attached hydrogens (tertiary/aromatic N) is 3. The molecule has 172 valence electrons. The van der Waals surface area contributed by atoms with Crippen molar-refractivity contribution in [2.45, 2.75) is 32.2 Å². The van der Waals surface area contributed by atoms with E-state index in [2.05, 4.69) is 25.9 Å². The number of hydrogen-bond donors (Lipinski definition) is 3. The van der Waals surface area contributed by atoms with E-state index in [4.69, 9.17) is 4.74 Å². The molecule has 2 aromatic rings. The minimum atomic E-state index is -1.49.